The van der Waals surface area contributed by atoms with Gasteiger partial charge in [-0.1, -0.05) is 33.9 Å². The monoisotopic (exact) mass is 530 g/mol. The van der Waals surface area contributed by atoms with Gasteiger partial charge in [-0.05, 0) is 64.0 Å². The number of alkyl halides is 1. The van der Waals surface area contributed by atoms with Gasteiger partial charge in [0, 0.05) is 30.9 Å². The Morgan fingerprint density at radius 3 is 2.42 bits per heavy atom. The van der Waals surface area contributed by atoms with E-state index in [2.05, 4.69) is 59.9 Å². The minimum atomic E-state index is -0.686. The van der Waals surface area contributed by atoms with Crippen LogP contribution in [0.25, 0.3) is 0 Å². The van der Waals surface area contributed by atoms with Crippen LogP contribution in [0.5, 0.6) is 0 Å². The molecule has 210 valence electrons. The van der Waals surface area contributed by atoms with Gasteiger partial charge in [0.05, 0.1) is 17.5 Å². The number of hydrogen-bond acceptors (Lipinski definition) is 6. The highest BCUT2D eigenvalue weighted by Crippen LogP contribution is 2.25. The number of nitrogens with one attached hydrogen (secondary N) is 3. The summed E-state index contributed by atoms with van der Waals surface area (Å²) >= 11 is 0. The van der Waals surface area contributed by atoms with Gasteiger partial charge in [-0.3, -0.25) is 4.79 Å². The zero-order valence-corrected chi connectivity index (χ0v) is 23.8. The van der Waals surface area contributed by atoms with Crippen molar-refractivity contribution in [3.63, 3.8) is 0 Å². The van der Waals surface area contributed by atoms with E-state index in [1.807, 2.05) is 18.7 Å². The van der Waals surface area contributed by atoms with Crippen LogP contribution in [0, 0.1) is 11.2 Å². The van der Waals surface area contributed by atoms with Gasteiger partial charge in [0.1, 0.15) is 18.3 Å². The first-order valence-electron chi connectivity index (χ1n) is 13.2. The normalized spacial score (nSPS) is 16.5. The minimum Gasteiger partial charge on any atom is -0.384 e. The summed E-state index contributed by atoms with van der Waals surface area (Å²) in [6, 6.07) is 0.885. The molecule has 1 aromatic rings. The van der Waals surface area contributed by atoms with Crippen molar-refractivity contribution in [2.75, 3.05) is 30.4 Å². The number of halogens is 2. The Balaban J connectivity index is 2.25. The van der Waals surface area contributed by atoms with Crippen LogP contribution in [0.1, 0.15) is 77.6 Å². The van der Waals surface area contributed by atoms with Crippen molar-refractivity contribution in [1.29, 1.82) is 0 Å². The summed E-state index contributed by atoms with van der Waals surface area (Å²) in [6.07, 6.45) is 6.89. The number of hydrogen-bond donors (Lipinski definition) is 3. The topological polar surface area (TPSA) is 81.7 Å². The number of allylic oxidation sites excluding steroid dienone is 2. The molecule has 2 heterocycles. The predicted molar refractivity (Wildman–Crippen MR) is 154 cm³/mol. The van der Waals surface area contributed by atoms with Crippen LogP contribution in [0.2, 0.25) is 0 Å². The lowest BCUT2D eigenvalue weighted by Crippen LogP contribution is -2.40. The van der Waals surface area contributed by atoms with Crippen LogP contribution in [0.15, 0.2) is 47.9 Å². The molecule has 0 aromatic carbocycles. The molecular weight excluding hydrogens is 486 g/mol. The lowest BCUT2D eigenvalue weighted by molar-refractivity contribution is 0.101. The molecule has 7 nitrogen and oxygen atoms in total. The number of rotatable bonds is 12. The Kier molecular flexibility index (Phi) is 11.5. The van der Waals surface area contributed by atoms with E-state index < -0.39 is 12.5 Å². The van der Waals surface area contributed by atoms with E-state index in [-0.39, 0.29) is 40.5 Å². The quantitative estimate of drug-likeness (QED) is 0.125. The van der Waals surface area contributed by atoms with Crippen LogP contribution in [0.4, 0.5) is 20.4 Å². The number of nitrogens with zero attached hydrogens (tertiary/aromatic N) is 3. The smallest absolute Gasteiger partial charge is 0.166 e. The maximum absolute atomic E-state index is 15.0. The van der Waals surface area contributed by atoms with Crippen molar-refractivity contribution >= 4 is 23.3 Å². The molecule has 0 bridgehead atoms. The Labute approximate surface area is 226 Å². The molecule has 1 aliphatic heterocycles. The molecule has 38 heavy (non-hydrogen) atoms. The number of ketones is 1. The van der Waals surface area contributed by atoms with Gasteiger partial charge in [0.25, 0.3) is 0 Å². The second kappa shape index (κ2) is 14.1. The third-order valence-corrected chi connectivity index (χ3v) is 6.32. The average Bonchev–Trinajstić information content (AvgIpc) is 2.84. The van der Waals surface area contributed by atoms with Crippen molar-refractivity contribution in [1.82, 2.24) is 15.2 Å². The summed E-state index contributed by atoms with van der Waals surface area (Å²) in [5, 5.41) is 9.50. The lowest BCUT2D eigenvalue weighted by Gasteiger charge is -2.28. The zero-order valence-electron chi connectivity index (χ0n) is 23.8. The first-order valence-corrected chi connectivity index (χ1v) is 13.2. The molecular formula is C29H44F2N6O. The molecule has 1 fully saturated rings. The number of aromatic nitrogens is 1. The van der Waals surface area contributed by atoms with Crippen LogP contribution in [-0.2, 0) is 0 Å². The fourth-order valence-corrected chi connectivity index (χ4v) is 4.20. The highest BCUT2D eigenvalue weighted by Gasteiger charge is 2.21. The van der Waals surface area contributed by atoms with Crippen LogP contribution >= 0.6 is 0 Å². The van der Waals surface area contributed by atoms with E-state index >= 15 is 0 Å². The number of carbonyl (C=O) groups is 1. The summed E-state index contributed by atoms with van der Waals surface area (Å²) in [6.45, 7) is 20.4. The molecule has 0 saturated carbocycles. The summed E-state index contributed by atoms with van der Waals surface area (Å²) in [5.74, 6) is -0.482. The fourth-order valence-electron chi connectivity index (χ4n) is 4.20. The van der Waals surface area contributed by atoms with Crippen molar-refractivity contribution in [2.45, 2.75) is 79.3 Å². The lowest BCUT2D eigenvalue weighted by atomic mass is 9.90. The standard InChI is InChI=1S/C29H44F2N6O/c1-9-23(18-32-26(17-30)37-13-11-10-12-14-37)35-27-24(22(5)38)15-25(31)28(36-27)34-21(4)20(3)33-19(2)16-29(6,7)8/h9,15,18,20-21,33H,1-2,10-14,16-17H2,3-8H3,(H2,34,35,36)/b23-18+,32-26+. The molecule has 2 atom stereocenters. The number of likely N-dealkylation sites (tertiary alicyclic amines) is 1. The number of Topliss-reactive ketones (excluding diaryl/α,β-unsaturated/α-hetero) is 1. The van der Waals surface area contributed by atoms with Crippen molar-refractivity contribution < 1.29 is 13.6 Å². The zero-order chi connectivity index (χ0) is 28.5. The van der Waals surface area contributed by atoms with Gasteiger partial charge in [0.15, 0.2) is 17.4 Å². The molecule has 1 aromatic heterocycles. The van der Waals surface area contributed by atoms with Gasteiger partial charge >= 0.3 is 0 Å². The van der Waals surface area contributed by atoms with Crippen molar-refractivity contribution in [3.8, 4) is 0 Å². The highest BCUT2D eigenvalue weighted by molar-refractivity contribution is 5.99. The largest absolute Gasteiger partial charge is 0.384 e. The molecule has 2 rings (SSSR count). The first kappa shape index (κ1) is 31.0. The summed E-state index contributed by atoms with van der Waals surface area (Å²) in [5.41, 5.74) is 1.49. The van der Waals surface area contributed by atoms with E-state index in [0.717, 1.165) is 50.5 Å². The van der Waals surface area contributed by atoms with E-state index in [0.29, 0.717) is 11.5 Å². The van der Waals surface area contributed by atoms with Crippen molar-refractivity contribution in [2.24, 2.45) is 10.4 Å². The Morgan fingerprint density at radius 1 is 1.21 bits per heavy atom. The molecule has 0 spiro atoms. The molecule has 0 radical (unpaired) electrons. The third kappa shape index (κ3) is 9.58. The second-order valence-electron chi connectivity index (χ2n) is 11.1. The van der Waals surface area contributed by atoms with Gasteiger partial charge < -0.3 is 20.9 Å². The van der Waals surface area contributed by atoms with E-state index in [4.69, 9.17) is 0 Å². The number of carbonyl (C=O) groups excluding carboxylic acids is 1. The molecule has 2 unspecified atom stereocenters. The van der Waals surface area contributed by atoms with Gasteiger partial charge in [0.2, 0.25) is 0 Å². The second-order valence-corrected chi connectivity index (χ2v) is 11.1. The first-order chi connectivity index (χ1) is 17.8. The number of pyridine rings is 1. The van der Waals surface area contributed by atoms with Crippen LogP contribution < -0.4 is 16.0 Å². The third-order valence-electron chi connectivity index (χ3n) is 6.32. The molecule has 0 amide bonds. The number of anilines is 2. The van der Waals surface area contributed by atoms with Crippen molar-refractivity contribution in [3.05, 3.63) is 54.3 Å². The Bertz CT molecular complexity index is 1050. The maximum atomic E-state index is 15.0. The van der Waals surface area contributed by atoms with E-state index in [1.165, 1.54) is 19.2 Å². The van der Waals surface area contributed by atoms with E-state index in [1.54, 1.807) is 0 Å². The highest BCUT2D eigenvalue weighted by atomic mass is 19.1. The number of amidine groups is 1. The molecule has 1 aliphatic rings. The molecule has 9 heteroatoms. The summed E-state index contributed by atoms with van der Waals surface area (Å²) in [4.78, 5) is 22.9. The van der Waals surface area contributed by atoms with Gasteiger partial charge in [-0.2, -0.15) is 0 Å². The number of piperidine rings is 1. The molecule has 1 saturated heterocycles. The molecule has 3 N–H and O–H groups in total. The Morgan fingerprint density at radius 2 is 1.87 bits per heavy atom. The van der Waals surface area contributed by atoms with Gasteiger partial charge in [-0.25, -0.2) is 18.8 Å². The predicted octanol–water partition coefficient (Wildman–Crippen LogP) is 6.44. The Hall–Kier alpha value is -3.23. The SMILES string of the molecule is C=C/C(=C\N=C(/CF)N1CCCCC1)Nc1nc(NC(C)C(C)NC(=C)CC(C)(C)C)c(F)cc1C(C)=O. The van der Waals surface area contributed by atoms with Crippen LogP contribution in [0.3, 0.4) is 0 Å². The van der Waals surface area contributed by atoms with E-state index in [9.17, 15) is 13.6 Å². The minimum absolute atomic E-state index is 0.00441. The average molecular weight is 531 g/mol. The number of aliphatic imine (C=N–C) groups is 1. The van der Waals surface area contributed by atoms with Crippen LogP contribution in [-0.4, -0.2) is 53.4 Å². The summed E-state index contributed by atoms with van der Waals surface area (Å²) < 4.78 is 28.6. The molecule has 0 aliphatic carbocycles. The maximum Gasteiger partial charge on any atom is 0.166 e. The summed E-state index contributed by atoms with van der Waals surface area (Å²) in [7, 11) is 0. The fraction of sp³-hybridized carbons (Fsp3) is 0.552. The van der Waals surface area contributed by atoms with Gasteiger partial charge in [-0.15, -0.1) is 0 Å².